The molecule has 2 aromatic rings. The Bertz CT molecular complexity index is 901. The third-order valence-electron chi connectivity index (χ3n) is 6.88. The Balaban J connectivity index is 1.34. The van der Waals surface area contributed by atoms with Crippen molar-refractivity contribution in [3.05, 3.63) is 16.8 Å². The summed E-state index contributed by atoms with van der Waals surface area (Å²) < 4.78 is 5.49. The maximum Gasteiger partial charge on any atom is 0.223 e. The van der Waals surface area contributed by atoms with Gasteiger partial charge < -0.3 is 15.0 Å². The lowest BCUT2D eigenvalue weighted by Crippen LogP contribution is -2.52. The van der Waals surface area contributed by atoms with Gasteiger partial charge in [0, 0.05) is 49.6 Å². The summed E-state index contributed by atoms with van der Waals surface area (Å²) >= 11 is 1.73. The van der Waals surface area contributed by atoms with Crippen LogP contribution in [-0.4, -0.2) is 72.8 Å². The van der Waals surface area contributed by atoms with Gasteiger partial charge in [0.05, 0.1) is 18.6 Å². The average molecular weight is 446 g/mol. The third kappa shape index (κ3) is 4.86. The van der Waals surface area contributed by atoms with Crippen molar-refractivity contribution in [1.29, 1.82) is 0 Å². The van der Waals surface area contributed by atoms with Crippen LogP contribution in [0, 0.1) is 25.7 Å². The van der Waals surface area contributed by atoms with E-state index in [1.165, 1.54) is 15.8 Å². The summed E-state index contributed by atoms with van der Waals surface area (Å²) in [6.07, 6.45) is 3.40. The number of fused-ring (bicyclic) bond motifs is 1. The van der Waals surface area contributed by atoms with Gasteiger partial charge in [-0.3, -0.25) is 9.69 Å². The van der Waals surface area contributed by atoms with Crippen molar-refractivity contribution in [3.63, 3.8) is 0 Å². The van der Waals surface area contributed by atoms with Gasteiger partial charge in [0.1, 0.15) is 17.0 Å². The quantitative estimate of drug-likeness (QED) is 0.737. The predicted molar refractivity (Wildman–Crippen MR) is 126 cm³/mol. The minimum Gasteiger partial charge on any atom is -0.379 e. The van der Waals surface area contributed by atoms with Crippen LogP contribution in [0.5, 0.6) is 0 Å². The molecule has 8 heteroatoms. The summed E-state index contributed by atoms with van der Waals surface area (Å²) in [5.74, 6) is 1.81. The molecule has 1 atom stereocenters. The number of nitrogens with one attached hydrogen (secondary N) is 1. The molecule has 0 aromatic carbocycles. The SMILES string of the molecule is Cc1sc2ncnc(N3CCC(C(=O)NCC(C(C)C)N4CCOCC4)CC3)c2c1C. The van der Waals surface area contributed by atoms with Crippen molar-refractivity contribution in [2.75, 3.05) is 50.8 Å². The number of morpholine rings is 1. The van der Waals surface area contributed by atoms with Gasteiger partial charge in [-0.15, -0.1) is 11.3 Å². The fourth-order valence-electron chi connectivity index (χ4n) is 4.80. The highest BCUT2D eigenvalue weighted by Crippen LogP contribution is 2.35. The van der Waals surface area contributed by atoms with Gasteiger partial charge in [0.15, 0.2) is 0 Å². The molecule has 2 aromatic heterocycles. The molecular weight excluding hydrogens is 410 g/mol. The van der Waals surface area contributed by atoms with Crippen LogP contribution in [0.3, 0.4) is 0 Å². The molecule has 1 amide bonds. The Kier molecular flexibility index (Phi) is 7.08. The molecule has 4 rings (SSSR count). The van der Waals surface area contributed by atoms with E-state index in [-0.39, 0.29) is 11.8 Å². The first-order valence-electron chi connectivity index (χ1n) is 11.5. The number of thiophene rings is 1. The normalized spacial score (nSPS) is 19.8. The number of piperidine rings is 1. The molecule has 1 N–H and O–H groups in total. The first kappa shape index (κ1) is 22.4. The van der Waals surface area contributed by atoms with Gasteiger partial charge in [0.25, 0.3) is 0 Å². The Morgan fingerprint density at radius 1 is 1.19 bits per heavy atom. The number of aromatic nitrogens is 2. The molecule has 7 nitrogen and oxygen atoms in total. The highest BCUT2D eigenvalue weighted by molar-refractivity contribution is 7.18. The molecule has 2 aliphatic rings. The third-order valence-corrected chi connectivity index (χ3v) is 8.00. The highest BCUT2D eigenvalue weighted by Gasteiger charge is 2.29. The molecule has 0 saturated carbocycles. The molecule has 2 saturated heterocycles. The topological polar surface area (TPSA) is 70.6 Å². The largest absolute Gasteiger partial charge is 0.379 e. The summed E-state index contributed by atoms with van der Waals surface area (Å²) in [5, 5.41) is 4.44. The van der Waals surface area contributed by atoms with Crippen LogP contribution < -0.4 is 10.2 Å². The van der Waals surface area contributed by atoms with Crippen LogP contribution in [0.4, 0.5) is 5.82 Å². The monoisotopic (exact) mass is 445 g/mol. The number of anilines is 1. The van der Waals surface area contributed by atoms with Gasteiger partial charge in [-0.05, 0) is 38.2 Å². The van der Waals surface area contributed by atoms with Crippen molar-refractivity contribution in [3.8, 4) is 0 Å². The van der Waals surface area contributed by atoms with E-state index in [0.29, 0.717) is 12.0 Å². The van der Waals surface area contributed by atoms with Crippen LogP contribution in [-0.2, 0) is 9.53 Å². The summed E-state index contributed by atoms with van der Waals surface area (Å²) in [7, 11) is 0. The predicted octanol–water partition coefficient (Wildman–Crippen LogP) is 3.00. The van der Waals surface area contributed by atoms with Crippen molar-refractivity contribution < 1.29 is 9.53 Å². The number of ether oxygens (including phenoxy) is 1. The van der Waals surface area contributed by atoms with Crippen molar-refractivity contribution in [1.82, 2.24) is 20.2 Å². The van der Waals surface area contributed by atoms with Gasteiger partial charge >= 0.3 is 0 Å². The smallest absolute Gasteiger partial charge is 0.223 e. The minimum atomic E-state index is 0.0800. The molecule has 170 valence electrons. The standard InChI is InChI=1S/C23H35N5O2S/c1-15(2)19(27-9-11-30-12-10-27)13-24-22(29)18-5-7-28(8-6-18)21-20-16(3)17(4)31-23(20)26-14-25-21/h14-15,18-19H,5-13H2,1-4H3,(H,24,29). The summed E-state index contributed by atoms with van der Waals surface area (Å²) in [6.45, 7) is 14.7. The van der Waals surface area contributed by atoms with Gasteiger partial charge in [0.2, 0.25) is 5.91 Å². The molecule has 31 heavy (non-hydrogen) atoms. The summed E-state index contributed by atoms with van der Waals surface area (Å²) in [5.41, 5.74) is 1.28. The summed E-state index contributed by atoms with van der Waals surface area (Å²) in [6, 6.07) is 0.368. The van der Waals surface area contributed by atoms with E-state index in [1.54, 1.807) is 17.7 Å². The van der Waals surface area contributed by atoms with Crippen LogP contribution in [0.2, 0.25) is 0 Å². The van der Waals surface area contributed by atoms with Gasteiger partial charge in [-0.2, -0.15) is 0 Å². The number of carbonyl (C=O) groups is 1. The van der Waals surface area contributed by atoms with Crippen LogP contribution in [0.25, 0.3) is 10.2 Å². The Hall–Kier alpha value is -1.77. The lowest BCUT2D eigenvalue weighted by molar-refractivity contribution is -0.126. The van der Waals surface area contributed by atoms with Crippen molar-refractivity contribution in [2.24, 2.45) is 11.8 Å². The van der Waals surface area contributed by atoms with E-state index >= 15 is 0 Å². The molecule has 0 radical (unpaired) electrons. The van der Waals surface area contributed by atoms with Crippen LogP contribution in [0.15, 0.2) is 6.33 Å². The number of rotatable bonds is 6. The van der Waals surface area contributed by atoms with E-state index in [9.17, 15) is 4.79 Å². The molecule has 1 unspecified atom stereocenters. The second-order valence-electron chi connectivity index (χ2n) is 9.13. The first-order valence-corrected chi connectivity index (χ1v) is 12.3. The molecular formula is C23H35N5O2S. The molecule has 4 heterocycles. The second kappa shape index (κ2) is 9.79. The molecule has 0 aliphatic carbocycles. The number of aryl methyl sites for hydroxylation is 2. The highest BCUT2D eigenvalue weighted by atomic mass is 32.1. The van der Waals surface area contributed by atoms with E-state index in [2.05, 4.69) is 52.8 Å². The lowest BCUT2D eigenvalue weighted by atomic mass is 9.95. The fourth-order valence-corrected chi connectivity index (χ4v) is 5.79. The lowest BCUT2D eigenvalue weighted by Gasteiger charge is -2.37. The number of hydrogen-bond acceptors (Lipinski definition) is 7. The Morgan fingerprint density at radius 3 is 2.58 bits per heavy atom. The fraction of sp³-hybridized carbons (Fsp3) is 0.696. The molecule has 2 aliphatic heterocycles. The maximum absolute atomic E-state index is 12.9. The number of carbonyl (C=O) groups excluding carboxylic acids is 1. The minimum absolute atomic E-state index is 0.0800. The van der Waals surface area contributed by atoms with Crippen LogP contribution >= 0.6 is 11.3 Å². The zero-order valence-electron chi connectivity index (χ0n) is 19.2. The maximum atomic E-state index is 12.9. The van der Waals surface area contributed by atoms with Gasteiger partial charge in [-0.1, -0.05) is 13.8 Å². The average Bonchev–Trinajstić information content (AvgIpc) is 3.08. The summed E-state index contributed by atoms with van der Waals surface area (Å²) in [4.78, 5) is 29.1. The van der Waals surface area contributed by atoms with E-state index in [0.717, 1.165) is 69.4 Å². The zero-order valence-corrected chi connectivity index (χ0v) is 20.0. The number of nitrogens with zero attached hydrogens (tertiary/aromatic N) is 4. The van der Waals surface area contributed by atoms with Gasteiger partial charge in [-0.25, -0.2) is 9.97 Å². The van der Waals surface area contributed by atoms with Crippen molar-refractivity contribution in [2.45, 2.75) is 46.6 Å². The molecule has 0 bridgehead atoms. The first-order chi connectivity index (χ1) is 15.0. The number of amides is 1. The molecule has 0 spiro atoms. The second-order valence-corrected chi connectivity index (χ2v) is 10.3. The Morgan fingerprint density at radius 2 is 1.90 bits per heavy atom. The van der Waals surface area contributed by atoms with E-state index in [4.69, 9.17) is 4.74 Å². The zero-order chi connectivity index (χ0) is 22.0. The number of hydrogen-bond donors (Lipinski definition) is 1. The van der Waals surface area contributed by atoms with E-state index < -0.39 is 0 Å². The molecule has 2 fully saturated rings. The Labute approximate surface area is 189 Å². The van der Waals surface area contributed by atoms with E-state index in [1.807, 2.05) is 0 Å². The van der Waals surface area contributed by atoms with Crippen LogP contribution in [0.1, 0.15) is 37.1 Å². The van der Waals surface area contributed by atoms with Crippen molar-refractivity contribution >= 4 is 33.3 Å².